The van der Waals surface area contributed by atoms with Crippen molar-refractivity contribution in [2.45, 2.75) is 45.3 Å². The molecule has 2 amide bonds. The van der Waals surface area contributed by atoms with Gasteiger partial charge in [0.1, 0.15) is 18.3 Å². The van der Waals surface area contributed by atoms with Gasteiger partial charge in [0.25, 0.3) is 0 Å². The molecule has 0 bridgehead atoms. The molecule has 1 N–H and O–H groups in total. The van der Waals surface area contributed by atoms with Gasteiger partial charge in [-0.25, -0.2) is 8.42 Å². The molecular formula is C30H36ClN3O5S. The molecule has 0 aromatic heterocycles. The summed E-state index contributed by atoms with van der Waals surface area (Å²) < 4.78 is 32.0. The van der Waals surface area contributed by atoms with Gasteiger partial charge in [0, 0.05) is 23.5 Å². The van der Waals surface area contributed by atoms with Crippen molar-refractivity contribution < 1.29 is 22.7 Å². The maximum atomic E-state index is 14.1. The molecule has 0 heterocycles. The van der Waals surface area contributed by atoms with Gasteiger partial charge in [0.05, 0.1) is 19.1 Å². The Morgan fingerprint density at radius 2 is 1.60 bits per heavy atom. The van der Waals surface area contributed by atoms with Crippen molar-refractivity contribution in [3.8, 4) is 5.75 Å². The lowest BCUT2D eigenvalue weighted by atomic mass is 10.0. The largest absolute Gasteiger partial charge is 0.497 e. The maximum Gasteiger partial charge on any atom is 0.244 e. The van der Waals surface area contributed by atoms with Crippen LogP contribution in [0.2, 0.25) is 5.02 Å². The van der Waals surface area contributed by atoms with Gasteiger partial charge in [-0.15, -0.1) is 0 Å². The fourth-order valence-corrected chi connectivity index (χ4v) is 5.25. The van der Waals surface area contributed by atoms with E-state index in [1.165, 1.54) is 11.0 Å². The maximum absolute atomic E-state index is 14.1. The third-order valence-electron chi connectivity index (χ3n) is 6.03. The number of nitrogens with zero attached hydrogens (tertiary/aromatic N) is 2. The number of rotatable bonds is 11. The summed E-state index contributed by atoms with van der Waals surface area (Å²) in [6.45, 7) is 5.13. The molecule has 3 aromatic rings. The van der Waals surface area contributed by atoms with Crippen molar-refractivity contribution in [2.24, 2.45) is 0 Å². The predicted molar refractivity (Wildman–Crippen MR) is 159 cm³/mol. The number of nitrogens with one attached hydrogen (secondary N) is 1. The number of hydrogen-bond acceptors (Lipinski definition) is 5. The molecule has 40 heavy (non-hydrogen) atoms. The van der Waals surface area contributed by atoms with Crippen LogP contribution < -0.4 is 14.4 Å². The van der Waals surface area contributed by atoms with Crippen LogP contribution in [0.5, 0.6) is 5.75 Å². The average molecular weight is 586 g/mol. The highest BCUT2D eigenvalue weighted by atomic mass is 35.5. The highest BCUT2D eigenvalue weighted by Gasteiger charge is 2.34. The molecule has 3 aromatic carbocycles. The Morgan fingerprint density at radius 1 is 0.950 bits per heavy atom. The summed E-state index contributed by atoms with van der Waals surface area (Å²) in [5.74, 6) is -0.292. The molecule has 0 aliphatic carbocycles. The molecule has 0 saturated carbocycles. The summed E-state index contributed by atoms with van der Waals surface area (Å²) in [7, 11) is -2.33. The Kier molecular flexibility index (Phi) is 10.2. The second kappa shape index (κ2) is 13.2. The van der Waals surface area contributed by atoms with Crippen LogP contribution in [0.4, 0.5) is 5.69 Å². The molecule has 0 aliphatic rings. The lowest BCUT2D eigenvalue weighted by Crippen LogP contribution is -2.56. The van der Waals surface area contributed by atoms with E-state index < -0.39 is 34.1 Å². The zero-order valence-electron chi connectivity index (χ0n) is 23.4. The predicted octanol–water partition coefficient (Wildman–Crippen LogP) is 4.67. The molecule has 0 aliphatic heterocycles. The number of amides is 2. The molecule has 0 radical (unpaired) electrons. The minimum Gasteiger partial charge on any atom is -0.497 e. The molecule has 3 rings (SSSR count). The van der Waals surface area contributed by atoms with Gasteiger partial charge in [-0.2, -0.15) is 0 Å². The first kappa shape index (κ1) is 31.0. The van der Waals surface area contributed by atoms with Crippen LogP contribution in [0.1, 0.15) is 31.9 Å². The van der Waals surface area contributed by atoms with Gasteiger partial charge in [-0.05, 0) is 62.2 Å². The minimum atomic E-state index is -3.87. The average Bonchev–Trinajstić information content (AvgIpc) is 2.88. The highest BCUT2D eigenvalue weighted by molar-refractivity contribution is 7.92. The lowest BCUT2D eigenvalue weighted by Gasteiger charge is -2.35. The van der Waals surface area contributed by atoms with Gasteiger partial charge in [0.15, 0.2) is 0 Å². The second-order valence-corrected chi connectivity index (χ2v) is 12.9. The number of sulfonamides is 1. The molecule has 10 heteroatoms. The van der Waals surface area contributed by atoms with Gasteiger partial charge in [0.2, 0.25) is 21.8 Å². The Balaban J connectivity index is 2.09. The first-order valence-electron chi connectivity index (χ1n) is 12.8. The Morgan fingerprint density at radius 3 is 2.20 bits per heavy atom. The summed E-state index contributed by atoms with van der Waals surface area (Å²) in [6, 6.07) is 21.9. The normalized spacial score (nSPS) is 12.3. The Bertz CT molecular complexity index is 1420. The molecule has 0 saturated heterocycles. The minimum absolute atomic E-state index is 0.0538. The Hall–Kier alpha value is -3.56. The van der Waals surface area contributed by atoms with Crippen LogP contribution in [0, 0.1) is 0 Å². The van der Waals surface area contributed by atoms with Crippen molar-refractivity contribution in [2.75, 3.05) is 24.2 Å². The Labute approximate surface area is 241 Å². The number of benzene rings is 3. The molecule has 0 unspecified atom stereocenters. The summed E-state index contributed by atoms with van der Waals surface area (Å²) in [4.78, 5) is 29.3. The molecule has 214 valence electrons. The van der Waals surface area contributed by atoms with Crippen molar-refractivity contribution in [3.05, 3.63) is 95.0 Å². The van der Waals surface area contributed by atoms with E-state index >= 15 is 0 Å². The second-order valence-electron chi connectivity index (χ2n) is 10.6. The first-order chi connectivity index (χ1) is 18.8. The third-order valence-corrected chi connectivity index (χ3v) is 7.41. The van der Waals surface area contributed by atoms with E-state index in [1.54, 1.807) is 43.5 Å². The van der Waals surface area contributed by atoms with E-state index in [1.807, 2.05) is 57.2 Å². The number of methoxy groups -OCH3 is 1. The van der Waals surface area contributed by atoms with E-state index in [9.17, 15) is 18.0 Å². The summed E-state index contributed by atoms with van der Waals surface area (Å²) in [5.41, 5.74) is 1.28. The molecular weight excluding hydrogens is 550 g/mol. The van der Waals surface area contributed by atoms with E-state index in [-0.39, 0.29) is 24.6 Å². The molecule has 8 nitrogen and oxygen atoms in total. The SMILES string of the molecule is COc1cccc(CN(C(=O)CN(c2cccc(Cl)c2)S(C)(=O)=O)[C@H](Cc2ccccc2)C(=O)NC(C)(C)C)c1. The number of halogens is 1. The van der Waals surface area contributed by atoms with E-state index in [0.29, 0.717) is 10.8 Å². The summed E-state index contributed by atoms with van der Waals surface area (Å²) >= 11 is 6.14. The van der Waals surface area contributed by atoms with Crippen LogP contribution in [0.25, 0.3) is 0 Å². The quantitative estimate of drug-likeness (QED) is 0.353. The van der Waals surface area contributed by atoms with E-state index in [4.69, 9.17) is 16.3 Å². The number of anilines is 1. The topological polar surface area (TPSA) is 96.0 Å². The molecule has 1 atom stereocenters. The van der Waals surface area contributed by atoms with Crippen molar-refractivity contribution in [3.63, 3.8) is 0 Å². The van der Waals surface area contributed by atoms with Crippen LogP contribution in [-0.4, -0.2) is 56.6 Å². The number of carbonyl (C=O) groups is 2. The zero-order valence-corrected chi connectivity index (χ0v) is 25.0. The number of ether oxygens (including phenoxy) is 1. The van der Waals surface area contributed by atoms with Crippen LogP contribution >= 0.6 is 11.6 Å². The van der Waals surface area contributed by atoms with Gasteiger partial charge < -0.3 is 15.0 Å². The number of hydrogen-bond donors (Lipinski definition) is 1. The van der Waals surface area contributed by atoms with Crippen LogP contribution in [-0.2, 0) is 32.6 Å². The van der Waals surface area contributed by atoms with Gasteiger partial charge in [-0.1, -0.05) is 60.1 Å². The van der Waals surface area contributed by atoms with Crippen LogP contribution in [0.3, 0.4) is 0 Å². The standard InChI is InChI=1S/C30H36ClN3O5S/c1-30(2,3)32-29(36)27(18-22-11-7-6-8-12-22)33(20-23-13-9-16-26(17-23)39-4)28(35)21-34(40(5,37)38)25-15-10-14-24(31)19-25/h6-17,19,27H,18,20-21H2,1-5H3,(H,32,36)/t27-/m1/s1. The fraction of sp³-hybridized carbons (Fsp3) is 0.333. The third kappa shape index (κ3) is 8.99. The monoisotopic (exact) mass is 585 g/mol. The summed E-state index contributed by atoms with van der Waals surface area (Å²) in [5, 5.41) is 3.33. The van der Waals surface area contributed by atoms with Crippen molar-refractivity contribution in [1.29, 1.82) is 0 Å². The van der Waals surface area contributed by atoms with E-state index in [2.05, 4.69) is 5.32 Å². The fourth-order valence-electron chi connectivity index (χ4n) is 4.22. The smallest absolute Gasteiger partial charge is 0.244 e. The lowest BCUT2D eigenvalue weighted by molar-refractivity contribution is -0.140. The van der Waals surface area contributed by atoms with Gasteiger partial charge in [-0.3, -0.25) is 13.9 Å². The zero-order chi connectivity index (χ0) is 29.5. The van der Waals surface area contributed by atoms with Crippen molar-refractivity contribution in [1.82, 2.24) is 10.2 Å². The van der Waals surface area contributed by atoms with Crippen molar-refractivity contribution >= 4 is 39.1 Å². The van der Waals surface area contributed by atoms with E-state index in [0.717, 1.165) is 21.7 Å². The molecule has 0 spiro atoms. The first-order valence-corrected chi connectivity index (χ1v) is 15.0. The highest BCUT2D eigenvalue weighted by Crippen LogP contribution is 2.24. The number of carbonyl (C=O) groups excluding carboxylic acids is 2. The summed E-state index contributed by atoms with van der Waals surface area (Å²) in [6.07, 6.45) is 1.26. The van der Waals surface area contributed by atoms with Gasteiger partial charge >= 0.3 is 0 Å². The van der Waals surface area contributed by atoms with Crippen LogP contribution in [0.15, 0.2) is 78.9 Å². The molecule has 0 fully saturated rings.